The highest BCUT2D eigenvalue weighted by atomic mass is 14.9. The van der Waals surface area contributed by atoms with E-state index < -0.39 is 0 Å². The van der Waals surface area contributed by atoms with Crippen LogP contribution in [0, 0.1) is 0 Å². The quantitative estimate of drug-likeness (QED) is 0.711. The number of anilines is 2. The molecule has 20 heavy (non-hydrogen) atoms. The maximum Gasteiger partial charge on any atom is 0.0422 e. The van der Waals surface area contributed by atoms with Gasteiger partial charge in [0.05, 0.1) is 0 Å². The number of hydrogen-bond donors (Lipinski definition) is 2. The SMILES string of the molecule is Nc1ccc(NCCc2ccncc2)c2ccncc12. The molecule has 100 valence electrons. The number of nitrogens with two attached hydrogens (primary N) is 1. The number of fused-ring (bicyclic) bond motifs is 1. The van der Waals surface area contributed by atoms with Gasteiger partial charge in [-0.05, 0) is 42.3 Å². The number of pyridine rings is 2. The third-order valence-corrected chi connectivity index (χ3v) is 3.33. The standard InChI is InChI=1S/C16H16N4/c17-15-1-2-16(13-6-9-19-11-14(13)15)20-10-5-12-3-7-18-8-4-12/h1-4,6-9,11,20H,5,10,17H2. The van der Waals surface area contributed by atoms with Crippen LogP contribution in [0.5, 0.6) is 0 Å². The number of hydrogen-bond acceptors (Lipinski definition) is 4. The normalized spacial score (nSPS) is 10.6. The molecule has 3 rings (SSSR count). The van der Waals surface area contributed by atoms with Crippen LogP contribution < -0.4 is 11.1 Å². The molecule has 0 saturated heterocycles. The van der Waals surface area contributed by atoms with Crippen LogP contribution in [0.15, 0.2) is 55.1 Å². The zero-order valence-electron chi connectivity index (χ0n) is 11.1. The maximum atomic E-state index is 5.97. The minimum absolute atomic E-state index is 0.757. The molecule has 0 amide bonds. The van der Waals surface area contributed by atoms with Gasteiger partial charge in [0.15, 0.2) is 0 Å². The molecule has 0 atom stereocenters. The Labute approximate surface area is 117 Å². The maximum absolute atomic E-state index is 5.97. The van der Waals surface area contributed by atoms with Crippen molar-refractivity contribution in [2.24, 2.45) is 0 Å². The van der Waals surface area contributed by atoms with Gasteiger partial charge in [-0.15, -0.1) is 0 Å². The van der Waals surface area contributed by atoms with Gasteiger partial charge in [0.2, 0.25) is 0 Å². The molecule has 4 nitrogen and oxygen atoms in total. The van der Waals surface area contributed by atoms with Crippen molar-refractivity contribution in [1.82, 2.24) is 9.97 Å². The predicted octanol–water partition coefficient (Wildman–Crippen LogP) is 2.87. The Morgan fingerprint density at radius 1 is 0.900 bits per heavy atom. The van der Waals surface area contributed by atoms with Gasteiger partial charge in [0, 0.05) is 53.5 Å². The first-order chi connectivity index (χ1) is 9.84. The van der Waals surface area contributed by atoms with Gasteiger partial charge in [-0.2, -0.15) is 0 Å². The van der Waals surface area contributed by atoms with E-state index in [2.05, 4.69) is 15.3 Å². The molecule has 4 heteroatoms. The molecule has 0 bridgehead atoms. The highest BCUT2D eigenvalue weighted by Crippen LogP contribution is 2.27. The first-order valence-electron chi connectivity index (χ1n) is 6.59. The number of benzene rings is 1. The summed E-state index contributed by atoms with van der Waals surface area (Å²) in [6.45, 7) is 0.866. The van der Waals surface area contributed by atoms with E-state index in [0.29, 0.717) is 0 Å². The van der Waals surface area contributed by atoms with E-state index in [0.717, 1.165) is 35.1 Å². The van der Waals surface area contributed by atoms with E-state index in [4.69, 9.17) is 5.73 Å². The van der Waals surface area contributed by atoms with E-state index in [1.807, 2.05) is 42.7 Å². The third kappa shape index (κ3) is 2.54. The van der Waals surface area contributed by atoms with Crippen molar-refractivity contribution in [1.29, 1.82) is 0 Å². The minimum atomic E-state index is 0.757. The highest BCUT2D eigenvalue weighted by Gasteiger charge is 2.03. The van der Waals surface area contributed by atoms with Crippen LogP contribution in [0.4, 0.5) is 11.4 Å². The molecule has 0 unspecified atom stereocenters. The van der Waals surface area contributed by atoms with Crippen molar-refractivity contribution >= 4 is 22.1 Å². The summed E-state index contributed by atoms with van der Waals surface area (Å²) in [5.74, 6) is 0. The van der Waals surface area contributed by atoms with Gasteiger partial charge in [-0.25, -0.2) is 0 Å². The van der Waals surface area contributed by atoms with Gasteiger partial charge in [-0.3, -0.25) is 9.97 Å². The molecule has 2 aromatic heterocycles. The number of nitrogens with one attached hydrogen (secondary N) is 1. The smallest absolute Gasteiger partial charge is 0.0422 e. The van der Waals surface area contributed by atoms with Gasteiger partial charge < -0.3 is 11.1 Å². The van der Waals surface area contributed by atoms with Crippen LogP contribution in [0.3, 0.4) is 0 Å². The van der Waals surface area contributed by atoms with Crippen molar-refractivity contribution in [3.05, 3.63) is 60.7 Å². The van der Waals surface area contributed by atoms with E-state index in [9.17, 15) is 0 Å². The molecule has 0 radical (unpaired) electrons. The molecule has 3 aromatic rings. The van der Waals surface area contributed by atoms with Crippen LogP contribution in [0.2, 0.25) is 0 Å². The van der Waals surface area contributed by atoms with Crippen molar-refractivity contribution in [2.75, 3.05) is 17.6 Å². The molecular weight excluding hydrogens is 248 g/mol. The summed E-state index contributed by atoms with van der Waals surface area (Å²) < 4.78 is 0. The second-order valence-electron chi connectivity index (χ2n) is 4.66. The average Bonchev–Trinajstić information content (AvgIpc) is 2.51. The molecule has 0 aliphatic carbocycles. The van der Waals surface area contributed by atoms with Crippen LogP contribution in [-0.4, -0.2) is 16.5 Å². The zero-order valence-corrected chi connectivity index (χ0v) is 11.1. The molecule has 3 N–H and O–H groups in total. The fourth-order valence-corrected chi connectivity index (χ4v) is 2.26. The first kappa shape index (κ1) is 12.4. The lowest BCUT2D eigenvalue weighted by Gasteiger charge is -2.11. The summed E-state index contributed by atoms with van der Waals surface area (Å²) in [6.07, 6.45) is 8.19. The first-order valence-corrected chi connectivity index (χ1v) is 6.59. The summed E-state index contributed by atoms with van der Waals surface area (Å²) in [5.41, 5.74) is 9.09. The molecule has 1 aromatic carbocycles. The molecule has 0 spiro atoms. The van der Waals surface area contributed by atoms with E-state index >= 15 is 0 Å². The topological polar surface area (TPSA) is 63.8 Å². The van der Waals surface area contributed by atoms with Gasteiger partial charge >= 0.3 is 0 Å². The predicted molar refractivity (Wildman–Crippen MR) is 82.6 cm³/mol. The Morgan fingerprint density at radius 2 is 1.70 bits per heavy atom. The Hall–Kier alpha value is -2.62. The van der Waals surface area contributed by atoms with Crippen LogP contribution >= 0.6 is 0 Å². The second-order valence-corrected chi connectivity index (χ2v) is 4.66. The summed E-state index contributed by atoms with van der Waals surface area (Å²) in [5, 5.41) is 5.55. The Morgan fingerprint density at radius 3 is 2.55 bits per heavy atom. The zero-order chi connectivity index (χ0) is 13.8. The Bertz CT molecular complexity index is 710. The largest absolute Gasteiger partial charge is 0.398 e. The van der Waals surface area contributed by atoms with Crippen LogP contribution in [0.1, 0.15) is 5.56 Å². The monoisotopic (exact) mass is 264 g/mol. The number of rotatable bonds is 4. The van der Waals surface area contributed by atoms with Crippen molar-refractivity contribution in [3.63, 3.8) is 0 Å². The van der Waals surface area contributed by atoms with Crippen molar-refractivity contribution in [2.45, 2.75) is 6.42 Å². The molecule has 0 saturated carbocycles. The molecule has 0 fully saturated rings. The lowest BCUT2D eigenvalue weighted by atomic mass is 10.1. The van der Waals surface area contributed by atoms with E-state index in [-0.39, 0.29) is 0 Å². The summed E-state index contributed by atoms with van der Waals surface area (Å²) >= 11 is 0. The molecule has 2 heterocycles. The fourth-order valence-electron chi connectivity index (χ4n) is 2.26. The van der Waals surface area contributed by atoms with Crippen LogP contribution in [0.25, 0.3) is 10.8 Å². The van der Waals surface area contributed by atoms with E-state index in [1.54, 1.807) is 12.4 Å². The van der Waals surface area contributed by atoms with Crippen molar-refractivity contribution in [3.8, 4) is 0 Å². The minimum Gasteiger partial charge on any atom is -0.398 e. The number of nitrogen functional groups attached to an aromatic ring is 1. The van der Waals surface area contributed by atoms with Crippen molar-refractivity contribution < 1.29 is 0 Å². The Kier molecular flexibility index (Phi) is 3.46. The summed E-state index contributed by atoms with van der Waals surface area (Å²) in [4.78, 5) is 8.15. The molecule has 0 aliphatic heterocycles. The lowest BCUT2D eigenvalue weighted by molar-refractivity contribution is 1.01. The van der Waals surface area contributed by atoms with Crippen LogP contribution in [-0.2, 0) is 6.42 Å². The average molecular weight is 264 g/mol. The lowest BCUT2D eigenvalue weighted by Crippen LogP contribution is -2.05. The summed E-state index contributed by atoms with van der Waals surface area (Å²) in [7, 11) is 0. The van der Waals surface area contributed by atoms with E-state index in [1.165, 1.54) is 5.56 Å². The third-order valence-electron chi connectivity index (χ3n) is 3.33. The number of aromatic nitrogens is 2. The van der Waals surface area contributed by atoms with Gasteiger partial charge in [-0.1, -0.05) is 0 Å². The summed E-state index contributed by atoms with van der Waals surface area (Å²) in [6, 6.07) is 9.99. The Balaban J connectivity index is 1.77. The highest BCUT2D eigenvalue weighted by molar-refractivity contribution is 6.00. The fraction of sp³-hybridized carbons (Fsp3) is 0.125. The van der Waals surface area contributed by atoms with Gasteiger partial charge in [0.25, 0.3) is 0 Å². The second kappa shape index (κ2) is 5.57. The molecular formula is C16H16N4. The molecule has 0 aliphatic rings. The van der Waals surface area contributed by atoms with Gasteiger partial charge in [0.1, 0.15) is 0 Å². The number of nitrogens with zero attached hydrogens (tertiary/aromatic N) is 2.